The summed E-state index contributed by atoms with van der Waals surface area (Å²) < 4.78 is 5.54. The minimum Gasteiger partial charge on any atom is -0.436 e. The van der Waals surface area contributed by atoms with E-state index in [0.717, 1.165) is 5.52 Å². The van der Waals surface area contributed by atoms with Crippen LogP contribution in [0.5, 0.6) is 0 Å². The summed E-state index contributed by atoms with van der Waals surface area (Å²) >= 11 is 0. The summed E-state index contributed by atoms with van der Waals surface area (Å²) in [6.45, 7) is 0. The van der Waals surface area contributed by atoms with Crippen LogP contribution in [0.1, 0.15) is 12.3 Å². The van der Waals surface area contributed by atoms with Crippen molar-refractivity contribution in [2.75, 3.05) is 0 Å². The second kappa shape index (κ2) is 3.45. The van der Waals surface area contributed by atoms with E-state index in [2.05, 4.69) is 4.98 Å². The smallest absolute Gasteiger partial charge is 0.230 e. The minimum atomic E-state index is 0.0501. The van der Waals surface area contributed by atoms with Gasteiger partial charge in [-0.25, -0.2) is 4.98 Å². The van der Waals surface area contributed by atoms with E-state index >= 15 is 0 Å². The van der Waals surface area contributed by atoms with Crippen molar-refractivity contribution in [1.29, 1.82) is 0 Å². The van der Waals surface area contributed by atoms with E-state index in [0.29, 0.717) is 23.5 Å². The normalized spacial score (nSPS) is 15.5. The van der Waals surface area contributed by atoms with Gasteiger partial charge in [-0.05, 0) is 18.2 Å². The fraction of sp³-hybridized carbons (Fsp3) is 0.0769. The molecule has 0 radical (unpaired) electrons. The molecule has 0 aliphatic heterocycles. The predicted molar refractivity (Wildman–Crippen MR) is 60.8 cm³/mol. The summed E-state index contributed by atoms with van der Waals surface area (Å²) in [6, 6.07) is 7.49. The number of oxazole rings is 1. The van der Waals surface area contributed by atoms with Crippen LogP contribution >= 0.6 is 0 Å². The lowest BCUT2D eigenvalue weighted by Crippen LogP contribution is -2.02. The molecule has 0 saturated heterocycles. The van der Waals surface area contributed by atoms with Crippen LogP contribution in [-0.4, -0.2) is 10.8 Å². The van der Waals surface area contributed by atoms with Gasteiger partial charge in [0, 0.05) is 6.42 Å². The Bertz CT molecular complexity index is 587. The molecular weight excluding hydrogens is 202 g/mol. The van der Waals surface area contributed by atoms with E-state index < -0.39 is 0 Å². The summed E-state index contributed by atoms with van der Waals surface area (Å²) in [6.07, 6.45) is 5.85. The van der Waals surface area contributed by atoms with Crippen LogP contribution < -0.4 is 0 Å². The maximum absolute atomic E-state index is 11.7. The third-order valence-electron chi connectivity index (χ3n) is 2.53. The second-order valence-corrected chi connectivity index (χ2v) is 3.62. The van der Waals surface area contributed by atoms with Gasteiger partial charge in [0.2, 0.25) is 5.89 Å². The SMILES string of the molecule is O=C1CC=CC=C1c1nc2ccccc2o1. The van der Waals surface area contributed by atoms with E-state index in [-0.39, 0.29) is 5.78 Å². The number of carbonyl (C=O) groups is 1. The molecule has 3 rings (SSSR count). The number of aromatic nitrogens is 1. The van der Waals surface area contributed by atoms with Crippen LogP contribution in [0.25, 0.3) is 16.7 Å². The molecule has 0 spiro atoms. The van der Waals surface area contributed by atoms with Gasteiger partial charge in [0.1, 0.15) is 5.52 Å². The van der Waals surface area contributed by atoms with E-state index in [4.69, 9.17) is 4.42 Å². The van der Waals surface area contributed by atoms with E-state index in [1.165, 1.54) is 0 Å². The first-order chi connectivity index (χ1) is 7.84. The Labute approximate surface area is 92.1 Å². The summed E-state index contributed by atoms with van der Waals surface area (Å²) in [4.78, 5) is 15.9. The maximum atomic E-state index is 11.7. The van der Waals surface area contributed by atoms with Crippen molar-refractivity contribution in [2.24, 2.45) is 0 Å². The van der Waals surface area contributed by atoms with Crippen molar-refractivity contribution >= 4 is 22.5 Å². The first-order valence-corrected chi connectivity index (χ1v) is 5.10. The monoisotopic (exact) mass is 211 g/mol. The number of fused-ring (bicyclic) bond motifs is 1. The van der Waals surface area contributed by atoms with Gasteiger partial charge >= 0.3 is 0 Å². The zero-order valence-corrected chi connectivity index (χ0v) is 8.51. The van der Waals surface area contributed by atoms with Crippen molar-refractivity contribution < 1.29 is 9.21 Å². The number of ketones is 1. The lowest BCUT2D eigenvalue weighted by atomic mass is 10.0. The standard InChI is InChI=1S/C13H9NO2/c15-11-7-3-1-5-9(11)13-14-10-6-2-4-8-12(10)16-13/h1-6,8H,7H2. The molecule has 0 N–H and O–H groups in total. The second-order valence-electron chi connectivity index (χ2n) is 3.62. The molecule has 1 aliphatic rings. The summed E-state index contributed by atoms with van der Waals surface area (Å²) in [5.41, 5.74) is 2.04. The number of carbonyl (C=O) groups excluding carboxylic acids is 1. The highest BCUT2D eigenvalue weighted by Crippen LogP contribution is 2.23. The van der Waals surface area contributed by atoms with Crippen molar-refractivity contribution in [2.45, 2.75) is 6.42 Å². The van der Waals surface area contributed by atoms with Gasteiger partial charge in [0.05, 0.1) is 5.57 Å². The Morgan fingerprint density at radius 2 is 2.12 bits per heavy atom. The number of nitrogens with zero attached hydrogens (tertiary/aromatic N) is 1. The number of allylic oxidation sites excluding steroid dienone is 4. The van der Waals surface area contributed by atoms with Crippen LogP contribution in [0.2, 0.25) is 0 Å². The van der Waals surface area contributed by atoms with Gasteiger partial charge in [0.25, 0.3) is 0 Å². The molecule has 0 amide bonds. The average Bonchev–Trinajstić information content (AvgIpc) is 2.73. The third-order valence-corrected chi connectivity index (χ3v) is 2.53. The van der Waals surface area contributed by atoms with E-state index in [9.17, 15) is 4.79 Å². The number of benzene rings is 1. The Hall–Kier alpha value is -2.16. The highest BCUT2D eigenvalue weighted by atomic mass is 16.3. The number of hydrogen-bond acceptors (Lipinski definition) is 3. The van der Waals surface area contributed by atoms with Gasteiger partial charge in [0.15, 0.2) is 11.4 Å². The molecule has 2 aromatic rings. The van der Waals surface area contributed by atoms with Gasteiger partial charge in [-0.15, -0.1) is 0 Å². The molecule has 78 valence electrons. The van der Waals surface area contributed by atoms with Crippen LogP contribution in [0.4, 0.5) is 0 Å². The third kappa shape index (κ3) is 1.37. The molecule has 3 heteroatoms. The number of Topliss-reactive ketones (excluding diaryl/α,β-unsaturated/α-hetero) is 1. The minimum absolute atomic E-state index is 0.0501. The van der Waals surface area contributed by atoms with Crippen LogP contribution in [-0.2, 0) is 4.79 Å². The summed E-state index contributed by atoms with van der Waals surface area (Å²) in [5.74, 6) is 0.463. The fourth-order valence-electron chi connectivity index (χ4n) is 1.72. The molecule has 1 aromatic carbocycles. The van der Waals surface area contributed by atoms with Gasteiger partial charge in [-0.2, -0.15) is 0 Å². The van der Waals surface area contributed by atoms with Gasteiger partial charge < -0.3 is 4.42 Å². The number of rotatable bonds is 1. The molecule has 3 nitrogen and oxygen atoms in total. The number of para-hydroxylation sites is 2. The molecule has 16 heavy (non-hydrogen) atoms. The largest absolute Gasteiger partial charge is 0.436 e. The first kappa shape index (κ1) is 9.09. The summed E-state index contributed by atoms with van der Waals surface area (Å²) in [7, 11) is 0. The molecule has 0 saturated carbocycles. The van der Waals surface area contributed by atoms with Crippen molar-refractivity contribution in [3.05, 3.63) is 48.4 Å². The highest BCUT2D eigenvalue weighted by Gasteiger charge is 2.18. The Kier molecular flexibility index (Phi) is 1.96. The average molecular weight is 211 g/mol. The zero-order valence-electron chi connectivity index (χ0n) is 8.51. The fourth-order valence-corrected chi connectivity index (χ4v) is 1.72. The first-order valence-electron chi connectivity index (χ1n) is 5.10. The maximum Gasteiger partial charge on any atom is 0.230 e. The topological polar surface area (TPSA) is 43.1 Å². The quantitative estimate of drug-likeness (QED) is 0.728. The molecule has 0 bridgehead atoms. The van der Waals surface area contributed by atoms with Crippen molar-refractivity contribution in [1.82, 2.24) is 4.98 Å². The van der Waals surface area contributed by atoms with Gasteiger partial charge in [-0.3, -0.25) is 4.79 Å². The van der Waals surface area contributed by atoms with Crippen LogP contribution in [0.15, 0.2) is 46.9 Å². The predicted octanol–water partition coefficient (Wildman–Crippen LogP) is 2.74. The Morgan fingerprint density at radius 1 is 1.25 bits per heavy atom. The Morgan fingerprint density at radius 3 is 2.94 bits per heavy atom. The molecular formula is C13H9NO2. The molecule has 1 heterocycles. The van der Waals surface area contributed by atoms with Crippen molar-refractivity contribution in [3.8, 4) is 0 Å². The zero-order chi connectivity index (χ0) is 11.0. The van der Waals surface area contributed by atoms with Crippen LogP contribution in [0.3, 0.4) is 0 Å². The molecule has 0 fully saturated rings. The lowest BCUT2D eigenvalue weighted by molar-refractivity contribution is -0.113. The summed E-state index contributed by atoms with van der Waals surface area (Å²) in [5, 5.41) is 0. The molecule has 1 aromatic heterocycles. The molecule has 1 aliphatic carbocycles. The number of hydrogen-bond donors (Lipinski definition) is 0. The Balaban J connectivity index is 2.15. The highest BCUT2D eigenvalue weighted by molar-refractivity contribution is 6.21. The van der Waals surface area contributed by atoms with E-state index in [1.54, 1.807) is 6.08 Å². The lowest BCUT2D eigenvalue weighted by Gasteiger charge is -2.02. The van der Waals surface area contributed by atoms with Crippen molar-refractivity contribution in [3.63, 3.8) is 0 Å². The van der Waals surface area contributed by atoms with Gasteiger partial charge in [-0.1, -0.05) is 24.3 Å². The molecule has 0 atom stereocenters. The van der Waals surface area contributed by atoms with Crippen LogP contribution in [0, 0.1) is 0 Å². The van der Waals surface area contributed by atoms with E-state index in [1.807, 2.05) is 36.4 Å². The molecule has 0 unspecified atom stereocenters.